The average Bonchev–Trinajstić information content (AvgIpc) is 2.70. The number of aromatic amines is 1. The van der Waals surface area contributed by atoms with Crippen LogP contribution in [-0.4, -0.2) is 28.2 Å². The van der Waals surface area contributed by atoms with Gasteiger partial charge < -0.3 is 9.47 Å². The van der Waals surface area contributed by atoms with Crippen molar-refractivity contribution in [1.82, 2.24) is 14.9 Å². The summed E-state index contributed by atoms with van der Waals surface area (Å²) < 4.78 is 12.4. The quantitative estimate of drug-likeness (QED) is 0.489. The molecule has 0 radical (unpaired) electrons. The van der Waals surface area contributed by atoms with Crippen LogP contribution in [0.4, 0.5) is 0 Å². The summed E-state index contributed by atoms with van der Waals surface area (Å²) in [5, 5.41) is 11.2. The van der Waals surface area contributed by atoms with Gasteiger partial charge in [-0.05, 0) is 60.6 Å². The molecule has 7 nitrogen and oxygen atoms in total. The van der Waals surface area contributed by atoms with Crippen LogP contribution in [0.25, 0.3) is 0 Å². The highest BCUT2D eigenvalue weighted by Gasteiger charge is 2.06. The van der Waals surface area contributed by atoms with Gasteiger partial charge in [-0.3, -0.25) is 9.89 Å². The molecule has 2 aromatic carbocycles. The van der Waals surface area contributed by atoms with Gasteiger partial charge in [0.2, 0.25) is 4.77 Å². The minimum atomic E-state index is -0.380. The number of ether oxygens (including phenoxy) is 2. The molecule has 0 saturated heterocycles. The number of aryl methyl sites for hydroxylation is 1. The Bertz CT molecular complexity index is 1120. The maximum atomic E-state index is 12.1. The lowest BCUT2D eigenvalue weighted by atomic mass is 10.2. The van der Waals surface area contributed by atoms with Crippen molar-refractivity contribution < 1.29 is 9.47 Å². The Kier molecular flexibility index (Phi) is 6.23. The largest absolute Gasteiger partial charge is 0.493 e. The van der Waals surface area contributed by atoms with E-state index in [0.717, 1.165) is 10.2 Å². The van der Waals surface area contributed by atoms with Crippen molar-refractivity contribution in [3.05, 3.63) is 79.4 Å². The molecular formula is C19H17ClN4O3S. The molecule has 9 heteroatoms. The Labute approximate surface area is 171 Å². The summed E-state index contributed by atoms with van der Waals surface area (Å²) in [6.45, 7) is 1.96. The molecule has 0 unspecified atom stereocenters. The van der Waals surface area contributed by atoms with E-state index in [9.17, 15) is 4.79 Å². The first-order valence-electron chi connectivity index (χ1n) is 8.26. The molecular weight excluding hydrogens is 400 g/mol. The van der Waals surface area contributed by atoms with Crippen molar-refractivity contribution in [3.63, 3.8) is 0 Å². The molecule has 0 atom stereocenters. The molecule has 0 spiro atoms. The SMILES string of the molecule is COc1cc(/C=N\n2c(=S)[nH]nc(C)c2=O)ccc1OCc1ccc(Cl)cc1. The van der Waals surface area contributed by atoms with Gasteiger partial charge >= 0.3 is 0 Å². The van der Waals surface area contributed by atoms with Crippen LogP contribution in [0, 0.1) is 11.7 Å². The molecule has 0 aliphatic carbocycles. The second kappa shape index (κ2) is 8.81. The van der Waals surface area contributed by atoms with Crippen LogP contribution >= 0.6 is 23.8 Å². The summed E-state index contributed by atoms with van der Waals surface area (Å²) in [5.41, 5.74) is 1.59. The van der Waals surface area contributed by atoms with Crippen LogP contribution in [0.3, 0.4) is 0 Å². The van der Waals surface area contributed by atoms with E-state index in [1.165, 1.54) is 6.21 Å². The molecule has 144 valence electrons. The highest BCUT2D eigenvalue weighted by Crippen LogP contribution is 2.28. The standard InChI is InChI=1S/C19H17ClN4O3S/c1-12-18(25)24(19(28)23-22-12)21-10-14-5-8-16(17(9-14)26-2)27-11-13-3-6-15(20)7-4-13/h3-10H,11H2,1-2H3,(H,23,28)/b21-10-. The van der Waals surface area contributed by atoms with E-state index < -0.39 is 0 Å². The molecule has 1 aromatic heterocycles. The van der Waals surface area contributed by atoms with Gasteiger partial charge in [-0.2, -0.15) is 14.9 Å². The van der Waals surface area contributed by atoms with Gasteiger partial charge in [0.1, 0.15) is 12.3 Å². The second-order valence-corrected chi connectivity index (χ2v) is 6.62. The molecule has 0 aliphatic rings. The van der Waals surface area contributed by atoms with E-state index >= 15 is 0 Å². The number of benzene rings is 2. The van der Waals surface area contributed by atoms with Crippen LogP contribution in [0.1, 0.15) is 16.8 Å². The molecule has 1 heterocycles. The number of hydrogen-bond donors (Lipinski definition) is 1. The predicted molar refractivity (Wildman–Crippen MR) is 110 cm³/mol. The maximum Gasteiger partial charge on any atom is 0.296 e. The molecule has 3 aromatic rings. The Morgan fingerprint density at radius 2 is 2.00 bits per heavy atom. The molecule has 0 aliphatic heterocycles. The third-order valence-corrected chi connectivity index (χ3v) is 4.35. The van der Waals surface area contributed by atoms with Crippen LogP contribution in [-0.2, 0) is 6.61 Å². The van der Waals surface area contributed by atoms with Gasteiger partial charge in [-0.25, -0.2) is 0 Å². The Balaban J connectivity index is 1.79. The number of nitrogens with zero attached hydrogens (tertiary/aromatic N) is 3. The van der Waals surface area contributed by atoms with Crippen molar-refractivity contribution in [2.24, 2.45) is 5.10 Å². The van der Waals surface area contributed by atoms with Gasteiger partial charge in [0, 0.05) is 5.02 Å². The molecule has 0 saturated carbocycles. The van der Waals surface area contributed by atoms with Gasteiger partial charge in [0.05, 0.1) is 13.3 Å². The molecule has 0 fully saturated rings. The number of hydrogen-bond acceptors (Lipinski definition) is 6. The first kappa shape index (κ1) is 19.8. The van der Waals surface area contributed by atoms with Crippen molar-refractivity contribution >= 4 is 30.0 Å². The molecule has 0 amide bonds. The van der Waals surface area contributed by atoms with E-state index in [1.807, 2.05) is 24.3 Å². The summed E-state index contributed by atoms with van der Waals surface area (Å²) in [7, 11) is 1.55. The first-order valence-corrected chi connectivity index (χ1v) is 9.04. The van der Waals surface area contributed by atoms with Gasteiger partial charge in [-0.15, -0.1) is 0 Å². The third kappa shape index (κ3) is 4.65. The lowest BCUT2D eigenvalue weighted by Crippen LogP contribution is -2.22. The Morgan fingerprint density at radius 1 is 1.25 bits per heavy atom. The number of rotatable bonds is 6. The van der Waals surface area contributed by atoms with Crippen LogP contribution in [0.2, 0.25) is 5.02 Å². The molecule has 0 bridgehead atoms. The zero-order valence-electron chi connectivity index (χ0n) is 15.2. The normalized spacial score (nSPS) is 11.0. The molecule has 28 heavy (non-hydrogen) atoms. The topological polar surface area (TPSA) is 81.5 Å². The lowest BCUT2D eigenvalue weighted by Gasteiger charge is -2.11. The number of halogens is 1. The first-order chi connectivity index (χ1) is 13.5. The van der Waals surface area contributed by atoms with Crippen molar-refractivity contribution in [2.75, 3.05) is 7.11 Å². The predicted octanol–water partition coefficient (Wildman–Crippen LogP) is 3.73. The smallest absolute Gasteiger partial charge is 0.296 e. The minimum Gasteiger partial charge on any atom is -0.493 e. The summed E-state index contributed by atoms with van der Waals surface area (Å²) >= 11 is 10.9. The van der Waals surface area contributed by atoms with Gasteiger partial charge in [0.15, 0.2) is 11.5 Å². The van der Waals surface area contributed by atoms with Gasteiger partial charge in [-0.1, -0.05) is 23.7 Å². The highest BCUT2D eigenvalue weighted by atomic mass is 35.5. The lowest BCUT2D eigenvalue weighted by molar-refractivity contribution is 0.284. The van der Waals surface area contributed by atoms with E-state index in [-0.39, 0.29) is 16.0 Å². The van der Waals surface area contributed by atoms with E-state index in [1.54, 1.807) is 32.2 Å². The summed E-state index contributed by atoms with van der Waals surface area (Å²) in [6.07, 6.45) is 1.51. The number of aromatic nitrogens is 3. The van der Waals surface area contributed by atoms with Crippen molar-refractivity contribution in [3.8, 4) is 11.5 Å². The highest BCUT2D eigenvalue weighted by molar-refractivity contribution is 7.71. The Morgan fingerprint density at radius 3 is 2.71 bits per heavy atom. The summed E-state index contributed by atoms with van der Waals surface area (Å²) in [6, 6.07) is 12.7. The second-order valence-electron chi connectivity index (χ2n) is 5.80. The summed E-state index contributed by atoms with van der Waals surface area (Å²) in [5.74, 6) is 1.13. The fourth-order valence-electron chi connectivity index (χ4n) is 2.33. The molecule has 1 N–H and O–H groups in total. The van der Waals surface area contributed by atoms with Crippen LogP contribution in [0.5, 0.6) is 11.5 Å². The van der Waals surface area contributed by atoms with E-state index in [2.05, 4.69) is 15.3 Å². The third-order valence-electron chi connectivity index (χ3n) is 3.83. The number of methoxy groups -OCH3 is 1. The van der Waals surface area contributed by atoms with Gasteiger partial charge in [0.25, 0.3) is 5.56 Å². The zero-order valence-corrected chi connectivity index (χ0v) is 16.8. The monoisotopic (exact) mass is 416 g/mol. The van der Waals surface area contributed by atoms with Crippen molar-refractivity contribution in [1.29, 1.82) is 0 Å². The summed E-state index contributed by atoms with van der Waals surface area (Å²) in [4.78, 5) is 12.1. The average molecular weight is 417 g/mol. The Hall–Kier alpha value is -2.97. The maximum absolute atomic E-state index is 12.1. The van der Waals surface area contributed by atoms with Crippen molar-refractivity contribution in [2.45, 2.75) is 13.5 Å². The van der Waals surface area contributed by atoms with Crippen LogP contribution < -0.4 is 15.0 Å². The van der Waals surface area contributed by atoms with Crippen LogP contribution in [0.15, 0.2) is 52.4 Å². The molecule has 3 rings (SSSR count). The fourth-order valence-corrected chi connectivity index (χ4v) is 2.63. The minimum absolute atomic E-state index is 0.113. The fraction of sp³-hybridized carbons (Fsp3) is 0.158. The number of H-pyrrole nitrogens is 1. The van der Waals surface area contributed by atoms with E-state index in [0.29, 0.717) is 28.7 Å². The number of nitrogens with one attached hydrogen (secondary N) is 1. The van der Waals surface area contributed by atoms with E-state index in [4.69, 9.17) is 33.3 Å². The zero-order chi connectivity index (χ0) is 20.1.